The number of rotatable bonds is 4. The third-order valence-electron chi connectivity index (χ3n) is 3.33. The first kappa shape index (κ1) is 15.0. The van der Waals surface area contributed by atoms with Crippen molar-refractivity contribution in [3.63, 3.8) is 0 Å². The van der Waals surface area contributed by atoms with Crippen LogP contribution in [0.15, 0.2) is 64.7 Å². The molecule has 2 aromatic carbocycles. The van der Waals surface area contributed by atoms with Gasteiger partial charge in [-0.05, 0) is 24.3 Å². The second kappa shape index (κ2) is 6.54. The van der Waals surface area contributed by atoms with Crippen LogP contribution in [0.25, 0.3) is 10.2 Å². The number of carbonyl (C=O) groups excluding carboxylic acids is 1. The minimum atomic E-state index is -0.136. The van der Waals surface area contributed by atoms with Crippen molar-refractivity contribution >= 4 is 55.7 Å². The summed E-state index contributed by atoms with van der Waals surface area (Å²) in [6.45, 7) is 0. The van der Waals surface area contributed by atoms with E-state index in [1.165, 1.54) is 11.8 Å². The maximum absolute atomic E-state index is 11.5. The zero-order valence-electron chi connectivity index (χ0n) is 12.5. The highest BCUT2D eigenvalue weighted by molar-refractivity contribution is 8.16. The van der Waals surface area contributed by atoms with Crippen LogP contribution in [0.4, 0.5) is 5.69 Å². The molecular formula is C17H12N4OS2. The Hall–Kier alpha value is -2.51. The summed E-state index contributed by atoms with van der Waals surface area (Å²) in [5.41, 5.74) is 5.42. The van der Waals surface area contributed by atoms with Gasteiger partial charge >= 0.3 is 0 Å². The Morgan fingerprint density at radius 2 is 1.88 bits per heavy atom. The van der Waals surface area contributed by atoms with Crippen LogP contribution < -0.4 is 5.43 Å². The highest BCUT2D eigenvalue weighted by Crippen LogP contribution is 2.26. The van der Waals surface area contributed by atoms with E-state index in [9.17, 15) is 4.79 Å². The molecule has 24 heavy (non-hydrogen) atoms. The maximum Gasteiger partial charge on any atom is 0.257 e. The van der Waals surface area contributed by atoms with Gasteiger partial charge in [0, 0.05) is 0 Å². The van der Waals surface area contributed by atoms with Gasteiger partial charge in [-0.1, -0.05) is 42.1 Å². The van der Waals surface area contributed by atoms with E-state index >= 15 is 0 Å². The molecule has 1 aliphatic heterocycles. The van der Waals surface area contributed by atoms with Gasteiger partial charge in [-0.15, -0.1) is 11.3 Å². The van der Waals surface area contributed by atoms with Gasteiger partial charge in [-0.3, -0.25) is 10.2 Å². The van der Waals surface area contributed by atoms with E-state index in [0.29, 0.717) is 16.5 Å². The lowest BCUT2D eigenvalue weighted by Crippen LogP contribution is -2.13. The van der Waals surface area contributed by atoms with E-state index in [4.69, 9.17) is 0 Å². The lowest BCUT2D eigenvalue weighted by Gasteiger charge is -2.04. The molecule has 0 aliphatic carbocycles. The van der Waals surface area contributed by atoms with Crippen LogP contribution in [-0.4, -0.2) is 27.4 Å². The van der Waals surface area contributed by atoms with Gasteiger partial charge in [-0.25, -0.2) is 9.98 Å². The average molecular weight is 352 g/mol. The molecule has 1 aliphatic rings. The minimum Gasteiger partial charge on any atom is -0.278 e. The molecule has 3 aromatic rings. The van der Waals surface area contributed by atoms with E-state index in [0.717, 1.165) is 20.9 Å². The first-order chi connectivity index (χ1) is 11.8. The summed E-state index contributed by atoms with van der Waals surface area (Å²) in [6, 6.07) is 17.6. The number of fused-ring (bicyclic) bond motifs is 1. The number of hydrogen-bond donors (Lipinski definition) is 1. The number of anilines is 1. The standard InChI is InChI=1S/C17H12N4OS2/c22-14-10-23-16(19-14)15(21-20-11-6-2-1-3-7-11)17-18-12-8-4-5-9-13(12)24-17/h1-9,20H,10H2/b21-15+. The summed E-state index contributed by atoms with van der Waals surface area (Å²) in [5.74, 6) is 0.216. The summed E-state index contributed by atoms with van der Waals surface area (Å²) in [4.78, 5) is 20.3. The summed E-state index contributed by atoms with van der Waals surface area (Å²) in [5, 5.41) is 5.85. The molecular weight excluding hydrogens is 340 g/mol. The predicted molar refractivity (Wildman–Crippen MR) is 101 cm³/mol. The van der Waals surface area contributed by atoms with Crippen LogP contribution in [0, 0.1) is 0 Å². The Kier molecular flexibility index (Phi) is 4.10. The summed E-state index contributed by atoms with van der Waals surface area (Å²) in [7, 11) is 0. The van der Waals surface area contributed by atoms with Crippen molar-refractivity contribution in [2.75, 3.05) is 11.2 Å². The Morgan fingerprint density at radius 1 is 1.08 bits per heavy atom. The fraction of sp³-hybridized carbons (Fsp3) is 0.0588. The number of carbonyl (C=O) groups is 1. The first-order valence-electron chi connectivity index (χ1n) is 7.29. The number of nitrogens with zero attached hydrogens (tertiary/aromatic N) is 3. The molecule has 0 fully saturated rings. The smallest absolute Gasteiger partial charge is 0.257 e. The van der Waals surface area contributed by atoms with Crippen LogP contribution >= 0.6 is 23.1 Å². The van der Waals surface area contributed by atoms with Crippen molar-refractivity contribution < 1.29 is 4.79 Å². The Morgan fingerprint density at radius 3 is 2.62 bits per heavy atom. The van der Waals surface area contributed by atoms with Crippen molar-refractivity contribution in [3.8, 4) is 0 Å². The Labute approximate surface area is 146 Å². The SMILES string of the molecule is O=C1CSC(/C(=N\Nc2ccccc2)c2nc3ccccc3s2)=N1. The molecule has 118 valence electrons. The molecule has 1 amide bonds. The van der Waals surface area contributed by atoms with Crippen LogP contribution in [0.5, 0.6) is 0 Å². The second-order valence-electron chi connectivity index (χ2n) is 5.02. The largest absolute Gasteiger partial charge is 0.278 e. The van der Waals surface area contributed by atoms with E-state index in [2.05, 4.69) is 20.5 Å². The molecule has 0 saturated carbocycles. The number of thiazole rings is 1. The Balaban J connectivity index is 1.75. The van der Waals surface area contributed by atoms with E-state index in [-0.39, 0.29) is 5.91 Å². The van der Waals surface area contributed by atoms with E-state index in [1.807, 2.05) is 54.6 Å². The number of amides is 1. The molecule has 7 heteroatoms. The van der Waals surface area contributed by atoms with E-state index < -0.39 is 0 Å². The Bertz CT molecular complexity index is 930. The lowest BCUT2D eigenvalue weighted by molar-refractivity contribution is -0.115. The molecule has 1 N–H and O–H groups in total. The fourth-order valence-electron chi connectivity index (χ4n) is 2.22. The lowest BCUT2D eigenvalue weighted by atomic mass is 10.3. The number of benzene rings is 2. The monoisotopic (exact) mass is 352 g/mol. The van der Waals surface area contributed by atoms with Crippen LogP contribution in [0.1, 0.15) is 5.01 Å². The zero-order valence-corrected chi connectivity index (χ0v) is 14.1. The number of aromatic nitrogens is 1. The predicted octanol–water partition coefficient (Wildman–Crippen LogP) is 3.78. The molecule has 0 saturated heterocycles. The second-order valence-corrected chi connectivity index (χ2v) is 7.02. The number of hydrazone groups is 1. The van der Waals surface area contributed by atoms with Crippen LogP contribution in [-0.2, 0) is 4.79 Å². The summed E-state index contributed by atoms with van der Waals surface area (Å²) < 4.78 is 1.08. The van der Waals surface area contributed by atoms with Gasteiger partial charge < -0.3 is 0 Å². The highest BCUT2D eigenvalue weighted by atomic mass is 32.2. The van der Waals surface area contributed by atoms with Gasteiger partial charge in [0.25, 0.3) is 5.91 Å². The molecule has 4 rings (SSSR count). The fourth-order valence-corrected chi connectivity index (χ4v) is 4.01. The summed E-state index contributed by atoms with van der Waals surface area (Å²) in [6.07, 6.45) is 0. The van der Waals surface area contributed by atoms with Crippen LogP contribution in [0.2, 0.25) is 0 Å². The van der Waals surface area contributed by atoms with Crippen molar-refractivity contribution in [3.05, 3.63) is 59.6 Å². The van der Waals surface area contributed by atoms with E-state index in [1.54, 1.807) is 11.3 Å². The van der Waals surface area contributed by atoms with Gasteiger partial charge in [0.1, 0.15) is 10.1 Å². The first-order valence-corrected chi connectivity index (χ1v) is 9.09. The quantitative estimate of drug-likeness (QED) is 0.573. The average Bonchev–Trinajstić information content (AvgIpc) is 3.22. The zero-order chi connectivity index (χ0) is 16.4. The topological polar surface area (TPSA) is 66.7 Å². The minimum absolute atomic E-state index is 0.136. The van der Waals surface area contributed by atoms with Crippen molar-refractivity contribution in [1.82, 2.24) is 4.98 Å². The summed E-state index contributed by atoms with van der Waals surface area (Å²) >= 11 is 2.94. The number of nitrogens with one attached hydrogen (secondary N) is 1. The van der Waals surface area contributed by atoms with Crippen molar-refractivity contribution in [2.45, 2.75) is 0 Å². The molecule has 0 spiro atoms. The van der Waals surface area contributed by atoms with Crippen molar-refractivity contribution in [1.29, 1.82) is 0 Å². The third-order valence-corrected chi connectivity index (χ3v) is 5.32. The van der Waals surface area contributed by atoms with Gasteiger partial charge in [0.05, 0.1) is 21.7 Å². The van der Waals surface area contributed by atoms with Gasteiger partial charge in [0.15, 0.2) is 5.71 Å². The van der Waals surface area contributed by atoms with Crippen molar-refractivity contribution in [2.24, 2.45) is 10.1 Å². The highest BCUT2D eigenvalue weighted by Gasteiger charge is 2.24. The number of hydrogen-bond acceptors (Lipinski definition) is 6. The number of thioether (sulfide) groups is 1. The molecule has 0 radical (unpaired) electrons. The van der Waals surface area contributed by atoms with Crippen LogP contribution in [0.3, 0.4) is 0 Å². The molecule has 0 bridgehead atoms. The molecule has 0 atom stereocenters. The van der Waals surface area contributed by atoms with Gasteiger partial charge in [0.2, 0.25) is 0 Å². The molecule has 5 nitrogen and oxygen atoms in total. The molecule has 2 heterocycles. The molecule has 0 unspecified atom stereocenters. The van der Waals surface area contributed by atoms with Gasteiger partial charge in [-0.2, -0.15) is 5.10 Å². The molecule has 1 aromatic heterocycles. The third kappa shape index (κ3) is 3.08. The normalized spacial score (nSPS) is 14.9. The number of aliphatic imine (C=N–C) groups is 1. The number of para-hydroxylation sites is 2. The maximum atomic E-state index is 11.5.